The molecule has 104 valence electrons. The fourth-order valence-electron chi connectivity index (χ4n) is 2.26. The molecule has 2 aromatic rings. The van der Waals surface area contributed by atoms with Gasteiger partial charge in [-0.25, -0.2) is 0 Å². The molecule has 2 rings (SSSR count). The van der Waals surface area contributed by atoms with Crippen LogP contribution in [-0.2, 0) is 0 Å². The predicted octanol–water partition coefficient (Wildman–Crippen LogP) is 3.46. The molecule has 2 aromatic carbocycles. The van der Waals surface area contributed by atoms with Crippen LogP contribution in [0.5, 0.6) is 0 Å². The summed E-state index contributed by atoms with van der Waals surface area (Å²) in [7, 11) is 5.53. The van der Waals surface area contributed by atoms with Crippen molar-refractivity contribution < 1.29 is 4.79 Å². The van der Waals surface area contributed by atoms with Crippen LogP contribution in [0.1, 0.15) is 15.9 Å². The molecule has 0 N–H and O–H groups in total. The predicted molar refractivity (Wildman–Crippen MR) is 83.7 cm³/mol. The maximum absolute atomic E-state index is 12.3. The van der Waals surface area contributed by atoms with E-state index in [2.05, 4.69) is 24.0 Å². The number of aryl methyl sites for hydroxylation is 1. The van der Waals surface area contributed by atoms with Crippen LogP contribution in [0.3, 0.4) is 0 Å². The Kier molecular flexibility index (Phi) is 4.08. The monoisotopic (exact) mass is 268 g/mol. The number of para-hydroxylation sites is 2. The zero-order chi connectivity index (χ0) is 14.7. The first-order chi connectivity index (χ1) is 9.52. The summed E-state index contributed by atoms with van der Waals surface area (Å²) in [5, 5.41) is 0. The number of benzene rings is 2. The van der Waals surface area contributed by atoms with E-state index >= 15 is 0 Å². The smallest absolute Gasteiger partial charge is 0.255 e. The van der Waals surface area contributed by atoms with E-state index in [9.17, 15) is 4.79 Å². The van der Waals surface area contributed by atoms with Gasteiger partial charge in [0.15, 0.2) is 0 Å². The number of amides is 1. The first-order valence-electron chi connectivity index (χ1n) is 6.62. The van der Waals surface area contributed by atoms with Gasteiger partial charge >= 0.3 is 0 Å². The summed E-state index contributed by atoms with van der Waals surface area (Å²) in [5.74, 6) is 0.0148. The van der Waals surface area contributed by atoms with Crippen molar-refractivity contribution in [2.45, 2.75) is 6.92 Å². The summed E-state index contributed by atoms with van der Waals surface area (Å²) in [6.07, 6.45) is 0. The molecule has 3 nitrogen and oxygen atoms in total. The van der Waals surface area contributed by atoms with Crippen molar-refractivity contribution >= 4 is 17.3 Å². The van der Waals surface area contributed by atoms with E-state index in [0.29, 0.717) is 5.56 Å². The molecule has 0 saturated heterocycles. The van der Waals surface area contributed by atoms with Crippen molar-refractivity contribution in [1.29, 1.82) is 0 Å². The fraction of sp³-hybridized carbons (Fsp3) is 0.235. The van der Waals surface area contributed by atoms with Gasteiger partial charge in [0.25, 0.3) is 5.91 Å². The molecule has 0 bridgehead atoms. The van der Waals surface area contributed by atoms with Crippen molar-refractivity contribution in [3.05, 3.63) is 59.7 Å². The molecule has 0 aliphatic carbocycles. The highest BCUT2D eigenvalue weighted by atomic mass is 16.2. The van der Waals surface area contributed by atoms with Crippen LogP contribution in [0.25, 0.3) is 0 Å². The molecule has 20 heavy (non-hydrogen) atoms. The maximum atomic E-state index is 12.3. The molecule has 0 unspecified atom stereocenters. The van der Waals surface area contributed by atoms with Gasteiger partial charge in [0.1, 0.15) is 0 Å². The van der Waals surface area contributed by atoms with E-state index in [4.69, 9.17) is 0 Å². The summed E-state index contributed by atoms with van der Waals surface area (Å²) in [6, 6.07) is 15.9. The Balaban J connectivity index is 2.48. The molecule has 0 atom stereocenters. The highest BCUT2D eigenvalue weighted by Crippen LogP contribution is 2.29. The molecule has 3 heteroatoms. The molecular formula is C17H20N2O. The van der Waals surface area contributed by atoms with Crippen LogP contribution in [0.4, 0.5) is 11.4 Å². The minimum Gasteiger partial charge on any atom is -0.345 e. The largest absolute Gasteiger partial charge is 0.345 e. The Morgan fingerprint density at radius 1 is 0.850 bits per heavy atom. The van der Waals surface area contributed by atoms with E-state index < -0.39 is 0 Å². The molecule has 0 heterocycles. The molecule has 0 fully saturated rings. The Morgan fingerprint density at radius 3 is 2.00 bits per heavy atom. The van der Waals surface area contributed by atoms with Crippen LogP contribution >= 0.6 is 0 Å². The average Bonchev–Trinajstić information content (AvgIpc) is 2.46. The minimum atomic E-state index is 0.0148. The van der Waals surface area contributed by atoms with Crippen molar-refractivity contribution in [3.63, 3.8) is 0 Å². The molecule has 0 aromatic heterocycles. The fourth-order valence-corrected chi connectivity index (χ4v) is 2.26. The van der Waals surface area contributed by atoms with Crippen LogP contribution in [0.15, 0.2) is 48.5 Å². The quantitative estimate of drug-likeness (QED) is 0.851. The lowest BCUT2D eigenvalue weighted by atomic mass is 10.1. The molecule has 1 amide bonds. The normalized spacial score (nSPS) is 10.2. The van der Waals surface area contributed by atoms with Crippen LogP contribution in [0.2, 0.25) is 0 Å². The van der Waals surface area contributed by atoms with Gasteiger partial charge in [0.2, 0.25) is 0 Å². The second-order valence-electron chi connectivity index (χ2n) is 5.06. The zero-order valence-electron chi connectivity index (χ0n) is 12.4. The lowest BCUT2D eigenvalue weighted by Crippen LogP contribution is -2.24. The van der Waals surface area contributed by atoms with Gasteiger partial charge in [-0.3, -0.25) is 4.79 Å². The summed E-state index contributed by atoms with van der Waals surface area (Å²) in [5.41, 5.74) is 3.91. The Hall–Kier alpha value is -2.29. The van der Waals surface area contributed by atoms with Gasteiger partial charge in [-0.2, -0.15) is 0 Å². The van der Waals surface area contributed by atoms with Gasteiger partial charge in [-0.1, -0.05) is 30.3 Å². The minimum absolute atomic E-state index is 0.0148. The number of carbonyl (C=O) groups is 1. The average molecular weight is 268 g/mol. The molecule has 0 aliphatic rings. The SMILES string of the molecule is Cc1ccccc1N(C)c1ccccc1C(=O)N(C)C. The molecule has 0 radical (unpaired) electrons. The van der Waals surface area contributed by atoms with Gasteiger partial charge in [-0.15, -0.1) is 0 Å². The van der Waals surface area contributed by atoms with E-state index in [1.165, 1.54) is 5.56 Å². The van der Waals surface area contributed by atoms with E-state index in [-0.39, 0.29) is 5.91 Å². The Bertz CT molecular complexity index is 620. The van der Waals surface area contributed by atoms with Gasteiger partial charge in [0.05, 0.1) is 11.3 Å². The number of anilines is 2. The number of nitrogens with zero attached hydrogens (tertiary/aromatic N) is 2. The topological polar surface area (TPSA) is 23.6 Å². The molecule has 0 saturated carbocycles. The van der Waals surface area contributed by atoms with Crippen LogP contribution in [0, 0.1) is 6.92 Å². The third-order valence-corrected chi connectivity index (χ3v) is 3.38. The van der Waals surface area contributed by atoms with E-state index in [1.807, 2.05) is 43.4 Å². The first kappa shape index (κ1) is 14.1. The van der Waals surface area contributed by atoms with Gasteiger partial charge < -0.3 is 9.80 Å². The van der Waals surface area contributed by atoms with Gasteiger partial charge in [-0.05, 0) is 30.7 Å². The maximum Gasteiger partial charge on any atom is 0.255 e. The third-order valence-electron chi connectivity index (χ3n) is 3.38. The van der Waals surface area contributed by atoms with Crippen molar-refractivity contribution in [3.8, 4) is 0 Å². The van der Waals surface area contributed by atoms with E-state index in [1.54, 1.807) is 19.0 Å². The first-order valence-corrected chi connectivity index (χ1v) is 6.62. The highest BCUT2D eigenvalue weighted by molar-refractivity contribution is 6.00. The number of rotatable bonds is 3. The van der Waals surface area contributed by atoms with Crippen molar-refractivity contribution in [1.82, 2.24) is 4.90 Å². The lowest BCUT2D eigenvalue weighted by Gasteiger charge is -2.24. The highest BCUT2D eigenvalue weighted by Gasteiger charge is 2.16. The second kappa shape index (κ2) is 5.78. The lowest BCUT2D eigenvalue weighted by molar-refractivity contribution is 0.0828. The number of hydrogen-bond acceptors (Lipinski definition) is 2. The van der Waals surface area contributed by atoms with E-state index in [0.717, 1.165) is 11.4 Å². The summed E-state index contributed by atoms with van der Waals surface area (Å²) in [6.45, 7) is 2.07. The number of hydrogen-bond donors (Lipinski definition) is 0. The second-order valence-corrected chi connectivity index (χ2v) is 5.06. The summed E-state index contributed by atoms with van der Waals surface area (Å²) in [4.78, 5) is 15.9. The Morgan fingerprint density at radius 2 is 1.40 bits per heavy atom. The zero-order valence-corrected chi connectivity index (χ0v) is 12.4. The molecule has 0 aliphatic heterocycles. The van der Waals surface area contributed by atoms with Crippen molar-refractivity contribution in [2.75, 3.05) is 26.0 Å². The van der Waals surface area contributed by atoms with Gasteiger partial charge in [0, 0.05) is 26.8 Å². The third kappa shape index (κ3) is 2.67. The van der Waals surface area contributed by atoms with Crippen LogP contribution in [-0.4, -0.2) is 32.0 Å². The summed E-state index contributed by atoms with van der Waals surface area (Å²) >= 11 is 0. The standard InChI is InChI=1S/C17H20N2O/c1-13-9-5-7-11-15(13)19(4)16-12-8-6-10-14(16)17(20)18(2)3/h5-12H,1-4H3. The summed E-state index contributed by atoms with van der Waals surface area (Å²) < 4.78 is 0. The number of carbonyl (C=O) groups excluding carboxylic acids is 1. The molecular weight excluding hydrogens is 248 g/mol. The molecule has 0 spiro atoms. The Labute approximate surface area is 120 Å². The van der Waals surface area contributed by atoms with Crippen molar-refractivity contribution in [2.24, 2.45) is 0 Å². The van der Waals surface area contributed by atoms with Crippen LogP contribution < -0.4 is 4.90 Å².